The van der Waals surface area contributed by atoms with Crippen LogP contribution in [-0.2, 0) is 6.54 Å². The highest BCUT2D eigenvalue weighted by Crippen LogP contribution is 2.16. The summed E-state index contributed by atoms with van der Waals surface area (Å²) >= 11 is 6.71. The van der Waals surface area contributed by atoms with Crippen LogP contribution in [0.1, 0.15) is 19.3 Å². The van der Waals surface area contributed by atoms with Crippen LogP contribution in [-0.4, -0.2) is 21.5 Å². The van der Waals surface area contributed by atoms with Crippen molar-refractivity contribution < 1.29 is 5.11 Å². The largest absolute Gasteiger partial charge is 0.396 e. The highest BCUT2D eigenvalue weighted by atomic mass is 79.9. The number of unbranched alkanes of at least 4 members (excludes halogenated alkanes) is 2. The summed E-state index contributed by atoms with van der Waals surface area (Å²) in [6.45, 7) is 1.18. The first-order valence-corrected chi connectivity index (χ1v) is 5.82. The van der Waals surface area contributed by atoms with Crippen molar-refractivity contribution in [2.75, 3.05) is 6.61 Å². The molecule has 0 unspecified atom stereocenters. The van der Waals surface area contributed by atoms with E-state index >= 15 is 0 Å². The topological polar surface area (TPSA) is 38.0 Å². The van der Waals surface area contributed by atoms with Gasteiger partial charge in [-0.1, -0.05) is 0 Å². The van der Waals surface area contributed by atoms with Crippen LogP contribution in [0.3, 0.4) is 0 Å². The third-order valence-electron chi connectivity index (χ3n) is 1.73. The van der Waals surface area contributed by atoms with Gasteiger partial charge in [-0.3, -0.25) is 4.68 Å². The van der Waals surface area contributed by atoms with Crippen LogP contribution in [0.4, 0.5) is 0 Å². The Balaban J connectivity index is 2.32. The van der Waals surface area contributed by atoms with Crippen molar-refractivity contribution in [1.82, 2.24) is 9.78 Å². The molecule has 1 N–H and O–H groups in total. The Hall–Kier alpha value is 0.130. The summed E-state index contributed by atoms with van der Waals surface area (Å²) in [5.74, 6) is 0. The first-order chi connectivity index (χ1) is 6.24. The predicted molar refractivity (Wildman–Crippen MR) is 58.6 cm³/mol. The van der Waals surface area contributed by atoms with Crippen molar-refractivity contribution >= 4 is 31.9 Å². The fraction of sp³-hybridized carbons (Fsp3) is 0.625. The standard InChI is InChI=1S/C8H12Br2N2O/c9-7-6-8(10)12(11-7)4-2-1-3-5-13/h6,13H,1-5H2. The van der Waals surface area contributed by atoms with Crippen LogP contribution < -0.4 is 0 Å². The van der Waals surface area contributed by atoms with Gasteiger partial charge in [-0.2, -0.15) is 5.10 Å². The van der Waals surface area contributed by atoms with Crippen LogP contribution in [0.2, 0.25) is 0 Å². The lowest BCUT2D eigenvalue weighted by Crippen LogP contribution is -2.00. The molecule has 1 aromatic heterocycles. The maximum atomic E-state index is 8.58. The third kappa shape index (κ3) is 3.79. The van der Waals surface area contributed by atoms with E-state index in [-0.39, 0.29) is 6.61 Å². The first kappa shape index (κ1) is 11.2. The Morgan fingerprint density at radius 3 is 2.62 bits per heavy atom. The van der Waals surface area contributed by atoms with Gasteiger partial charge in [0.05, 0.1) is 0 Å². The zero-order valence-electron chi connectivity index (χ0n) is 7.21. The average molecular weight is 312 g/mol. The first-order valence-electron chi connectivity index (χ1n) is 4.23. The molecule has 1 heterocycles. The van der Waals surface area contributed by atoms with Crippen LogP contribution in [0.25, 0.3) is 0 Å². The fourth-order valence-corrected chi connectivity index (χ4v) is 2.26. The van der Waals surface area contributed by atoms with E-state index < -0.39 is 0 Å². The summed E-state index contributed by atoms with van der Waals surface area (Å²) in [4.78, 5) is 0. The number of nitrogens with zero attached hydrogens (tertiary/aromatic N) is 2. The van der Waals surface area contributed by atoms with Gasteiger partial charge in [-0.15, -0.1) is 0 Å². The normalized spacial score (nSPS) is 10.7. The van der Waals surface area contributed by atoms with E-state index in [9.17, 15) is 0 Å². The Bertz CT molecular complexity index is 263. The van der Waals surface area contributed by atoms with Gasteiger partial charge in [0.15, 0.2) is 0 Å². The summed E-state index contributed by atoms with van der Waals surface area (Å²) in [7, 11) is 0. The molecule has 1 aromatic rings. The van der Waals surface area contributed by atoms with Crippen LogP contribution in [0, 0.1) is 0 Å². The Labute approximate surface area is 94.4 Å². The molecule has 0 amide bonds. The molecule has 13 heavy (non-hydrogen) atoms. The number of aromatic nitrogens is 2. The van der Waals surface area contributed by atoms with Crippen molar-refractivity contribution in [3.63, 3.8) is 0 Å². The van der Waals surface area contributed by atoms with Crippen LogP contribution in [0.5, 0.6) is 0 Å². The van der Waals surface area contributed by atoms with E-state index in [0.29, 0.717) is 0 Å². The summed E-state index contributed by atoms with van der Waals surface area (Å²) < 4.78 is 3.74. The third-order valence-corrected chi connectivity index (χ3v) is 2.75. The number of halogens is 2. The second kappa shape index (κ2) is 5.78. The molecule has 0 spiro atoms. The molecule has 0 bridgehead atoms. The number of hydrogen-bond donors (Lipinski definition) is 1. The summed E-state index contributed by atoms with van der Waals surface area (Å²) in [5, 5.41) is 12.8. The molecule has 0 atom stereocenters. The number of hydrogen-bond acceptors (Lipinski definition) is 2. The quantitative estimate of drug-likeness (QED) is 0.849. The molecule has 0 saturated carbocycles. The molecule has 0 aliphatic rings. The monoisotopic (exact) mass is 310 g/mol. The highest BCUT2D eigenvalue weighted by Gasteiger charge is 2.01. The van der Waals surface area contributed by atoms with Gasteiger partial charge >= 0.3 is 0 Å². The minimum Gasteiger partial charge on any atom is -0.396 e. The summed E-state index contributed by atoms with van der Waals surface area (Å²) in [5.41, 5.74) is 0. The van der Waals surface area contributed by atoms with Crippen molar-refractivity contribution in [2.24, 2.45) is 0 Å². The lowest BCUT2D eigenvalue weighted by Gasteiger charge is -2.01. The Kier molecular flexibility index (Phi) is 4.98. The molecule has 0 saturated heterocycles. The Morgan fingerprint density at radius 2 is 2.08 bits per heavy atom. The van der Waals surface area contributed by atoms with Gasteiger partial charge in [-0.05, 0) is 51.1 Å². The molecule has 0 aromatic carbocycles. The van der Waals surface area contributed by atoms with Crippen molar-refractivity contribution in [3.05, 3.63) is 15.3 Å². The zero-order valence-corrected chi connectivity index (χ0v) is 10.4. The minimum absolute atomic E-state index is 0.282. The van der Waals surface area contributed by atoms with E-state index in [1.807, 2.05) is 10.7 Å². The molecule has 1 rings (SSSR count). The van der Waals surface area contributed by atoms with Gasteiger partial charge in [0, 0.05) is 19.2 Å². The van der Waals surface area contributed by atoms with Crippen molar-refractivity contribution in [2.45, 2.75) is 25.8 Å². The second-order valence-corrected chi connectivity index (χ2v) is 4.42. The summed E-state index contributed by atoms with van der Waals surface area (Å²) in [6, 6.07) is 1.92. The maximum Gasteiger partial charge on any atom is 0.129 e. The molecule has 0 aliphatic carbocycles. The van der Waals surface area contributed by atoms with Gasteiger partial charge < -0.3 is 5.11 Å². The summed E-state index contributed by atoms with van der Waals surface area (Å²) in [6.07, 6.45) is 2.97. The number of aliphatic hydroxyl groups is 1. The number of rotatable bonds is 5. The fourth-order valence-electron chi connectivity index (χ4n) is 1.07. The second-order valence-electron chi connectivity index (χ2n) is 2.80. The van der Waals surface area contributed by atoms with Gasteiger partial charge in [0.25, 0.3) is 0 Å². The number of aryl methyl sites for hydroxylation is 1. The van der Waals surface area contributed by atoms with E-state index in [4.69, 9.17) is 5.11 Å². The van der Waals surface area contributed by atoms with E-state index in [1.165, 1.54) is 0 Å². The predicted octanol–water partition coefficient (Wildman–Crippen LogP) is 2.57. The van der Waals surface area contributed by atoms with Gasteiger partial charge in [0.1, 0.15) is 9.21 Å². The van der Waals surface area contributed by atoms with Gasteiger partial charge in [0.2, 0.25) is 0 Å². The van der Waals surface area contributed by atoms with E-state index in [0.717, 1.165) is 35.0 Å². The van der Waals surface area contributed by atoms with Gasteiger partial charge in [-0.25, -0.2) is 0 Å². The smallest absolute Gasteiger partial charge is 0.129 e. The molecule has 0 radical (unpaired) electrons. The molecule has 5 heteroatoms. The highest BCUT2D eigenvalue weighted by molar-refractivity contribution is 9.11. The maximum absolute atomic E-state index is 8.58. The SMILES string of the molecule is OCCCCCn1nc(Br)cc1Br. The van der Waals surface area contributed by atoms with Crippen LogP contribution >= 0.6 is 31.9 Å². The van der Waals surface area contributed by atoms with Crippen LogP contribution in [0.15, 0.2) is 15.3 Å². The molecular weight excluding hydrogens is 300 g/mol. The zero-order chi connectivity index (χ0) is 9.68. The lowest BCUT2D eigenvalue weighted by molar-refractivity contribution is 0.281. The molecule has 3 nitrogen and oxygen atoms in total. The molecule has 74 valence electrons. The Morgan fingerprint density at radius 1 is 1.31 bits per heavy atom. The minimum atomic E-state index is 0.282. The van der Waals surface area contributed by atoms with E-state index in [2.05, 4.69) is 37.0 Å². The molecule has 0 aliphatic heterocycles. The molecule has 0 fully saturated rings. The average Bonchev–Trinajstić information content (AvgIpc) is 2.39. The molecular formula is C8H12Br2N2O. The van der Waals surface area contributed by atoms with Crippen molar-refractivity contribution in [3.8, 4) is 0 Å². The van der Waals surface area contributed by atoms with E-state index in [1.54, 1.807) is 0 Å². The van der Waals surface area contributed by atoms with Crippen molar-refractivity contribution in [1.29, 1.82) is 0 Å². The number of aliphatic hydroxyl groups excluding tert-OH is 1. The lowest BCUT2D eigenvalue weighted by atomic mass is 10.2.